The molecule has 0 bridgehead atoms. The molecule has 9 heteroatoms. The van der Waals surface area contributed by atoms with Crippen LogP contribution in [0.3, 0.4) is 0 Å². The van der Waals surface area contributed by atoms with E-state index in [0.29, 0.717) is 29.4 Å². The number of thiophene rings is 1. The van der Waals surface area contributed by atoms with Crippen molar-refractivity contribution in [3.05, 3.63) is 75.7 Å². The molecule has 0 saturated heterocycles. The maximum Gasteiger partial charge on any atom is 0.254 e. The van der Waals surface area contributed by atoms with E-state index < -0.39 is 0 Å². The molecule has 1 aromatic heterocycles. The zero-order valence-corrected chi connectivity index (χ0v) is 20.3. The molecule has 7 nitrogen and oxygen atoms in total. The van der Waals surface area contributed by atoms with Crippen LogP contribution in [0, 0.1) is 5.82 Å². The molecule has 186 valence electrons. The first-order chi connectivity index (χ1) is 17.6. The Bertz CT molecular complexity index is 1310. The largest absolute Gasteiger partial charge is 0.491 e. The molecule has 1 fully saturated rings. The second kappa shape index (κ2) is 9.46. The highest BCUT2D eigenvalue weighted by Crippen LogP contribution is 2.36. The lowest BCUT2D eigenvalue weighted by atomic mass is 10.0. The molecule has 1 saturated carbocycles. The van der Waals surface area contributed by atoms with Gasteiger partial charge >= 0.3 is 0 Å². The van der Waals surface area contributed by atoms with Crippen LogP contribution >= 0.6 is 11.3 Å². The lowest BCUT2D eigenvalue weighted by Crippen LogP contribution is -2.48. The average molecular weight is 509 g/mol. The number of fused-ring (bicyclic) bond motifs is 2. The number of hydrogen-bond acceptors (Lipinski definition) is 6. The van der Waals surface area contributed by atoms with Crippen LogP contribution in [0.15, 0.2) is 53.9 Å². The number of rotatable bonds is 7. The minimum atomic E-state index is -0.373. The highest BCUT2D eigenvalue weighted by atomic mass is 32.1. The molecule has 2 aliphatic heterocycles. The van der Waals surface area contributed by atoms with Crippen molar-refractivity contribution in [3.8, 4) is 17.2 Å². The summed E-state index contributed by atoms with van der Waals surface area (Å²) in [6.45, 7) is 0.878. The highest BCUT2D eigenvalue weighted by molar-refractivity contribution is 7.10. The Morgan fingerprint density at radius 2 is 1.97 bits per heavy atom. The molecular formula is C27H25FN2O5S. The molecule has 0 N–H and O–H groups in total. The first-order valence-electron chi connectivity index (χ1n) is 12.0. The summed E-state index contributed by atoms with van der Waals surface area (Å²) in [6.07, 6.45) is 2.52. The Kier molecular flexibility index (Phi) is 6.00. The van der Waals surface area contributed by atoms with Crippen LogP contribution in [-0.4, -0.2) is 54.1 Å². The van der Waals surface area contributed by atoms with Crippen molar-refractivity contribution < 1.29 is 28.2 Å². The fourth-order valence-electron chi connectivity index (χ4n) is 4.79. The first kappa shape index (κ1) is 22.8. The Hall–Kier alpha value is -3.59. The molecule has 3 aliphatic rings. The van der Waals surface area contributed by atoms with Gasteiger partial charge < -0.3 is 24.0 Å². The van der Waals surface area contributed by atoms with Crippen molar-refractivity contribution in [2.75, 3.05) is 26.5 Å². The van der Waals surface area contributed by atoms with E-state index in [1.54, 1.807) is 51.5 Å². The van der Waals surface area contributed by atoms with E-state index in [2.05, 4.69) is 0 Å². The third-order valence-electron chi connectivity index (χ3n) is 6.79. The average Bonchev–Trinajstić information content (AvgIpc) is 3.41. The summed E-state index contributed by atoms with van der Waals surface area (Å²) >= 11 is 1.67. The van der Waals surface area contributed by atoms with Gasteiger partial charge in [0.05, 0.1) is 6.04 Å². The quantitative estimate of drug-likeness (QED) is 0.473. The third-order valence-corrected chi connectivity index (χ3v) is 7.79. The Balaban J connectivity index is 1.20. The van der Waals surface area contributed by atoms with E-state index in [1.807, 2.05) is 11.4 Å². The molecule has 36 heavy (non-hydrogen) atoms. The van der Waals surface area contributed by atoms with E-state index in [0.717, 1.165) is 24.8 Å². The van der Waals surface area contributed by atoms with Crippen LogP contribution < -0.4 is 14.2 Å². The molecule has 2 amide bonds. The number of nitrogens with zero attached hydrogens (tertiary/aromatic N) is 2. The summed E-state index contributed by atoms with van der Waals surface area (Å²) in [7, 11) is 0. The summed E-state index contributed by atoms with van der Waals surface area (Å²) in [5.74, 6) is 0.885. The molecule has 1 aliphatic carbocycles. The smallest absolute Gasteiger partial charge is 0.254 e. The number of benzene rings is 2. The molecular weight excluding hydrogens is 483 g/mol. The van der Waals surface area contributed by atoms with Crippen LogP contribution in [-0.2, 0) is 11.2 Å². The van der Waals surface area contributed by atoms with E-state index >= 15 is 0 Å². The standard InChI is InChI=1S/C27H25FN2O5S/c28-18-2-1-3-20(13-18)33-15-22-21-9-11-36-25(21)8-10-29(22)26(31)14-30(19-5-6-19)27(32)17-4-7-23-24(12-17)35-16-34-23/h1-4,7,9,11-13,19,22H,5-6,8,10,14-16H2. The molecule has 3 aromatic rings. The highest BCUT2D eigenvalue weighted by Gasteiger charge is 2.38. The number of carbonyl (C=O) groups excluding carboxylic acids is 2. The van der Waals surface area contributed by atoms with E-state index in [1.165, 1.54) is 17.0 Å². The van der Waals surface area contributed by atoms with Gasteiger partial charge in [-0.05, 0) is 66.6 Å². The fourth-order valence-corrected chi connectivity index (χ4v) is 5.72. The van der Waals surface area contributed by atoms with Crippen molar-refractivity contribution in [2.45, 2.75) is 31.3 Å². The molecule has 0 spiro atoms. The Morgan fingerprint density at radius 1 is 1.11 bits per heavy atom. The van der Waals surface area contributed by atoms with Gasteiger partial charge in [-0.1, -0.05) is 6.07 Å². The van der Waals surface area contributed by atoms with Gasteiger partial charge in [0.2, 0.25) is 12.7 Å². The predicted octanol–water partition coefficient (Wildman–Crippen LogP) is 4.43. The zero-order valence-electron chi connectivity index (χ0n) is 19.5. The Labute approximate surface area is 212 Å². The molecule has 2 aromatic carbocycles. The van der Waals surface area contributed by atoms with Crippen LogP contribution in [0.25, 0.3) is 0 Å². The van der Waals surface area contributed by atoms with Crippen LogP contribution in [0.5, 0.6) is 17.2 Å². The summed E-state index contributed by atoms with van der Waals surface area (Å²) in [4.78, 5) is 31.8. The zero-order chi connectivity index (χ0) is 24.6. The maximum atomic E-state index is 13.6. The fraction of sp³-hybridized carbons (Fsp3) is 0.333. The van der Waals surface area contributed by atoms with E-state index in [4.69, 9.17) is 14.2 Å². The number of carbonyl (C=O) groups is 2. The van der Waals surface area contributed by atoms with Crippen molar-refractivity contribution in [2.24, 2.45) is 0 Å². The van der Waals surface area contributed by atoms with Crippen molar-refractivity contribution >= 4 is 23.2 Å². The number of halogens is 1. The van der Waals surface area contributed by atoms with Crippen molar-refractivity contribution in [1.82, 2.24) is 9.80 Å². The van der Waals surface area contributed by atoms with Crippen LogP contribution in [0.4, 0.5) is 4.39 Å². The van der Waals surface area contributed by atoms with Crippen LogP contribution in [0.2, 0.25) is 0 Å². The summed E-state index contributed by atoms with van der Waals surface area (Å²) < 4.78 is 30.3. The van der Waals surface area contributed by atoms with Gasteiger partial charge in [-0.25, -0.2) is 4.39 Å². The molecule has 6 rings (SSSR count). The lowest BCUT2D eigenvalue weighted by Gasteiger charge is -2.37. The normalized spacial score (nSPS) is 18.0. The molecule has 1 unspecified atom stereocenters. The van der Waals surface area contributed by atoms with Gasteiger partial charge in [0.15, 0.2) is 11.5 Å². The topological polar surface area (TPSA) is 68.3 Å². The molecule has 3 heterocycles. The van der Waals surface area contributed by atoms with Gasteiger partial charge in [-0.3, -0.25) is 9.59 Å². The Morgan fingerprint density at radius 3 is 2.81 bits per heavy atom. The number of amides is 2. The SMILES string of the molecule is O=C(c1ccc2c(c1)OCO2)N(CC(=O)N1CCc2sccc2C1COc1cccc(F)c1)C1CC1. The van der Waals surface area contributed by atoms with Gasteiger partial charge in [-0.2, -0.15) is 0 Å². The van der Waals surface area contributed by atoms with Crippen molar-refractivity contribution in [3.63, 3.8) is 0 Å². The number of hydrogen-bond donors (Lipinski definition) is 0. The summed E-state index contributed by atoms with van der Waals surface area (Å²) in [5, 5.41) is 2.02. The molecule has 0 radical (unpaired) electrons. The van der Waals surface area contributed by atoms with Gasteiger partial charge in [-0.15, -0.1) is 11.3 Å². The predicted molar refractivity (Wildman–Crippen MR) is 131 cm³/mol. The van der Waals surface area contributed by atoms with Crippen molar-refractivity contribution in [1.29, 1.82) is 0 Å². The third kappa shape index (κ3) is 4.51. The summed E-state index contributed by atoms with van der Waals surface area (Å²) in [5.41, 5.74) is 1.53. The number of ether oxygens (including phenoxy) is 3. The summed E-state index contributed by atoms with van der Waals surface area (Å²) in [6, 6.07) is 12.9. The first-order valence-corrected chi connectivity index (χ1v) is 12.9. The molecule has 1 atom stereocenters. The maximum absolute atomic E-state index is 13.6. The van der Waals surface area contributed by atoms with E-state index in [-0.39, 0.29) is 49.7 Å². The lowest BCUT2D eigenvalue weighted by molar-refractivity contribution is -0.135. The van der Waals surface area contributed by atoms with E-state index in [9.17, 15) is 14.0 Å². The minimum absolute atomic E-state index is 0.00607. The minimum Gasteiger partial charge on any atom is -0.491 e. The van der Waals surface area contributed by atoms with Gasteiger partial charge in [0.1, 0.15) is 24.7 Å². The van der Waals surface area contributed by atoms with Gasteiger partial charge in [0.25, 0.3) is 5.91 Å². The second-order valence-electron chi connectivity index (χ2n) is 9.15. The monoisotopic (exact) mass is 508 g/mol. The second-order valence-corrected chi connectivity index (χ2v) is 10.2. The van der Waals surface area contributed by atoms with Crippen LogP contribution in [0.1, 0.15) is 39.7 Å². The van der Waals surface area contributed by atoms with Gasteiger partial charge in [0, 0.05) is 29.1 Å².